The quantitative estimate of drug-likeness (QED) is 0.857. The zero-order valence-electron chi connectivity index (χ0n) is 8.53. The predicted molar refractivity (Wildman–Crippen MR) is 49.3 cm³/mol. The molecule has 1 heterocycles. The van der Waals surface area contributed by atoms with Gasteiger partial charge in [0.25, 0.3) is 6.43 Å². The largest absolute Gasteiger partial charge is 0.493 e. The van der Waals surface area contributed by atoms with Crippen LogP contribution >= 0.6 is 0 Å². The minimum absolute atomic E-state index is 0.0924. The van der Waals surface area contributed by atoms with Crippen molar-refractivity contribution >= 4 is 5.97 Å². The molecule has 0 fully saturated rings. The van der Waals surface area contributed by atoms with Crippen molar-refractivity contribution in [3.8, 4) is 11.5 Å². The highest BCUT2D eigenvalue weighted by Gasteiger charge is 2.23. The van der Waals surface area contributed by atoms with Crippen molar-refractivity contribution in [2.45, 2.75) is 6.43 Å². The SMILES string of the molecule is COc1cc(C(=O)O)nc(C(F)F)c1OC. The Morgan fingerprint density at radius 3 is 2.44 bits per heavy atom. The summed E-state index contributed by atoms with van der Waals surface area (Å²) in [5.74, 6) is -1.77. The van der Waals surface area contributed by atoms with E-state index in [2.05, 4.69) is 4.98 Å². The summed E-state index contributed by atoms with van der Waals surface area (Å²) in [4.78, 5) is 13.9. The van der Waals surface area contributed by atoms with E-state index in [0.717, 1.165) is 6.07 Å². The number of nitrogens with zero attached hydrogens (tertiary/aromatic N) is 1. The molecule has 0 spiro atoms. The number of carboxylic acids is 1. The third-order valence-electron chi connectivity index (χ3n) is 1.82. The first-order valence-corrected chi connectivity index (χ1v) is 4.15. The number of carboxylic acid groups (broad SMARTS) is 1. The number of pyridine rings is 1. The summed E-state index contributed by atoms with van der Waals surface area (Å²) in [5.41, 5.74) is -1.27. The Kier molecular flexibility index (Phi) is 3.60. The molecule has 1 rings (SSSR count). The molecular weight excluding hydrogens is 224 g/mol. The minimum Gasteiger partial charge on any atom is -0.493 e. The minimum atomic E-state index is -2.94. The van der Waals surface area contributed by atoms with Gasteiger partial charge in [-0.3, -0.25) is 0 Å². The van der Waals surface area contributed by atoms with Crippen molar-refractivity contribution in [2.75, 3.05) is 14.2 Å². The molecule has 5 nitrogen and oxygen atoms in total. The van der Waals surface area contributed by atoms with Crippen molar-refractivity contribution < 1.29 is 28.2 Å². The van der Waals surface area contributed by atoms with Crippen LogP contribution in [-0.4, -0.2) is 30.3 Å². The molecule has 16 heavy (non-hydrogen) atoms. The van der Waals surface area contributed by atoms with Gasteiger partial charge >= 0.3 is 5.97 Å². The van der Waals surface area contributed by atoms with Crippen LogP contribution in [0.2, 0.25) is 0 Å². The highest BCUT2D eigenvalue weighted by molar-refractivity contribution is 5.86. The molecule has 0 amide bonds. The van der Waals surface area contributed by atoms with Crippen LogP contribution in [0.4, 0.5) is 8.78 Å². The summed E-state index contributed by atoms with van der Waals surface area (Å²) in [7, 11) is 2.39. The molecule has 0 aromatic carbocycles. The molecule has 88 valence electrons. The van der Waals surface area contributed by atoms with E-state index in [1.165, 1.54) is 14.2 Å². The molecule has 1 aromatic heterocycles. The molecule has 0 radical (unpaired) electrons. The summed E-state index contributed by atoms with van der Waals surface area (Å²) >= 11 is 0. The molecule has 0 bridgehead atoms. The topological polar surface area (TPSA) is 68.7 Å². The van der Waals surface area contributed by atoms with Gasteiger partial charge in [0, 0.05) is 6.07 Å². The molecule has 0 unspecified atom stereocenters. The second-order valence-electron chi connectivity index (χ2n) is 2.73. The molecule has 1 N–H and O–H groups in total. The van der Waals surface area contributed by atoms with E-state index in [9.17, 15) is 13.6 Å². The lowest BCUT2D eigenvalue weighted by Crippen LogP contribution is -2.07. The molecule has 0 aliphatic heterocycles. The Morgan fingerprint density at radius 2 is 2.06 bits per heavy atom. The normalized spacial score (nSPS) is 10.3. The standard InChI is InChI=1S/C9H9F2NO4/c1-15-5-3-4(9(13)14)12-6(8(10)11)7(5)16-2/h3,8H,1-2H3,(H,13,14). The van der Waals surface area contributed by atoms with Crippen molar-refractivity contribution in [2.24, 2.45) is 0 Å². The van der Waals surface area contributed by atoms with Gasteiger partial charge in [0.1, 0.15) is 0 Å². The van der Waals surface area contributed by atoms with Crippen molar-refractivity contribution in [3.05, 3.63) is 17.5 Å². The molecule has 0 saturated heterocycles. The Balaban J connectivity index is 3.43. The summed E-state index contributed by atoms with van der Waals surface area (Å²) in [6.07, 6.45) is -2.94. The van der Waals surface area contributed by atoms with Gasteiger partial charge in [-0.15, -0.1) is 0 Å². The van der Waals surface area contributed by atoms with Crippen LogP contribution in [0.5, 0.6) is 11.5 Å². The van der Waals surface area contributed by atoms with Crippen LogP contribution in [0.25, 0.3) is 0 Å². The fourth-order valence-electron chi connectivity index (χ4n) is 1.14. The highest BCUT2D eigenvalue weighted by atomic mass is 19.3. The zero-order valence-corrected chi connectivity index (χ0v) is 8.53. The van der Waals surface area contributed by atoms with Gasteiger partial charge in [-0.1, -0.05) is 0 Å². The van der Waals surface area contributed by atoms with Crippen LogP contribution in [0.15, 0.2) is 6.07 Å². The number of rotatable bonds is 4. The van der Waals surface area contributed by atoms with Crippen LogP contribution in [-0.2, 0) is 0 Å². The fraction of sp³-hybridized carbons (Fsp3) is 0.333. The average molecular weight is 233 g/mol. The smallest absolute Gasteiger partial charge is 0.354 e. The lowest BCUT2D eigenvalue weighted by molar-refractivity contribution is 0.0687. The predicted octanol–water partition coefficient (Wildman–Crippen LogP) is 1.73. The van der Waals surface area contributed by atoms with E-state index >= 15 is 0 Å². The summed E-state index contributed by atoms with van der Waals surface area (Å²) < 4.78 is 34.6. The van der Waals surface area contributed by atoms with Crippen molar-refractivity contribution in [1.82, 2.24) is 4.98 Å². The van der Waals surface area contributed by atoms with Crippen molar-refractivity contribution in [3.63, 3.8) is 0 Å². The monoisotopic (exact) mass is 233 g/mol. The van der Waals surface area contributed by atoms with Gasteiger partial charge in [0.2, 0.25) is 0 Å². The second-order valence-corrected chi connectivity index (χ2v) is 2.73. The third kappa shape index (κ3) is 2.18. The molecule has 1 aromatic rings. The lowest BCUT2D eigenvalue weighted by atomic mass is 10.2. The van der Waals surface area contributed by atoms with Gasteiger partial charge in [-0.05, 0) is 0 Å². The Labute approximate surface area is 89.6 Å². The Morgan fingerprint density at radius 1 is 1.44 bits per heavy atom. The van der Waals surface area contributed by atoms with Gasteiger partial charge in [-0.2, -0.15) is 0 Å². The summed E-state index contributed by atoms with van der Waals surface area (Å²) in [6.45, 7) is 0. The number of alkyl halides is 2. The summed E-state index contributed by atoms with van der Waals surface area (Å²) in [6, 6.07) is 1.02. The first-order valence-electron chi connectivity index (χ1n) is 4.15. The van der Waals surface area contributed by atoms with Crippen LogP contribution < -0.4 is 9.47 Å². The van der Waals surface area contributed by atoms with Gasteiger partial charge < -0.3 is 14.6 Å². The zero-order chi connectivity index (χ0) is 12.3. The number of carbonyl (C=O) groups is 1. The number of halogens is 2. The average Bonchev–Trinajstić information content (AvgIpc) is 2.26. The number of hydrogen-bond acceptors (Lipinski definition) is 4. The molecule has 0 atom stereocenters. The number of hydrogen-bond donors (Lipinski definition) is 1. The third-order valence-corrected chi connectivity index (χ3v) is 1.82. The maximum Gasteiger partial charge on any atom is 0.354 e. The first kappa shape index (κ1) is 12.2. The molecular formula is C9H9F2NO4. The summed E-state index contributed by atoms with van der Waals surface area (Å²) in [5, 5.41) is 8.67. The number of aromatic nitrogens is 1. The maximum absolute atomic E-state index is 12.6. The molecule has 0 saturated carbocycles. The van der Waals surface area contributed by atoms with Gasteiger partial charge in [-0.25, -0.2) is 18.6 Å². The van der Waals surface area contributed by atoms with Gasteiger partial charge in [0.05, 0.1) is 14.2 Å². The lowest BCUT2D eigenvalue weighted by Gasteiger charge is -2.12. The van der Waals surface area contributed by atoms with E-state index in [1.54, 1.807) is 0 Å². The Bertz CT molecular complexity index is 409. The molecule has 0 aliphatic rings. The van der Waals surface area contributed by atoms with E-state index in [1.807, 2.05) is 0 Å². The fourth-order valence-corrected chi connectivity index (χ4v) is 1.14. The van der Waals surface area contributed by atoms with E-state index < -0.39 is 23.8 Å². The highest BCUT2D eigenvalue weighted by Crippen LogP contribution is 2.35. The van der Waals surface area contributed by atoms with Gasteiger partial charge in [0.15, 0.2) is 22.9 Å². The second kappa shape index (κ2) is 4.73. The van der Waals surface area contributed by atoms with E-state index in [4.69, 9.17) is 14.6 Å². The van der Waals surface area contributed by atoms with E-state index in [-0.39, 0.29) is 11.5 Å². The number of methoxy groups -OCH3 is 2. The molecule has 0 aliphatic carbocycles. The van der Waals surface area contributed by atoms with Crippen molar-refractivity contribution in [1.29, 1.82) is 0 Å². The Hall–Kier alpha value is -1.92. The maximum atomic E-state index is 12.6. The number of aromatic carboxylic acids is 1. The first-order chi connectivity index (χ1) is 7.51. The molecule has 7 heteroatoms. The van der Waals surface area contributed by atoms with Crippen LogP contribution in [0.1, 0.15) is 22.6 Å². The van der Waals surface area contributed by atoms with Crippen LogP contribution in [0, 0.1) is 0 Å². The van der Waals surface area contributed by atoms with E-state index in [0.29, 0.717) is 0 Å². The van der Waals surface area contributed by atoms with Crippen LogP contribution in [0.3, 0.4) is 0 Å². The number of ether oxygens (including phenoxy) is 2.